The lowest BCUT2D eigenvalue weighted by atomic mass is 9.85. The number of rotatable bonds is 42. The van der Waals surface area contributed by atoms with Crippen molar-refractivity contribution >= 4 is 13.7 Å². The Hall–Kier alpha value is -1.22. The lowest BCUT2D eigenvalue weighted by molar-refractivity contribution is -0.220. The third-order valence-corrected chi connectivity index (χ3v) is 13.3. The van der Waals surface area contributed by atoms with E-state index in [1.54, 1.807) is 6.08 Å². The summed E-state index contributed by atoms with van der Waals surface area (Å²) in [7, 11) is -5.15. The minimum absolute atomic E-state index is 0.249. The van der Waals surface area contributed by atoms with Crippen LogP contribution in [0, 0.1) is 0 Å². The van der Waals surface area contributed by atoms with E-state index >= 15 is 0 Å². The molecule has 8 unspecified atom stereocenters. The number of hydrogen-bond acceptors (Lipinski definition) is 11. The van der Waals surface area contributed by atoms with Gasteiger partial charge in [-0.2, -0.15) is 0 Å². The van der Waals surface area contributed by atoms with Crippen LogP contribution in [0.5, 0.6) is 0 Å². The van der Waals surface area contributed by atoms with Crippen LogP contribution in [0.4, 0.5) is 0 Å². The summed E-state index contributed by atoms with van der Waals surface area (Å²) in [5, 5.41) is 74.6. The van der Waals surface area contributed by atoms with E-state index in [1.807, 2.05) is 0 Å². The summed E-state index contributed by atoms with van der Waals surface area (Å²) < 4.78 is 22.9. The number of nitrogens with one attached hydrogen (secondary N) is 1. The Labute approximate surface area is 382 Å². The van der Waals surface area contributed by atoms with Gasteiger partial charge >= 0.3 is 7.82 Å². The molecule has 0 radical (unpaired) electrons. The molecular formula is C49H94NO12P. The summed E-state index contributed by atoms with van der Waals surface area (Å²) in [4.78, 5) is 23.5. The summed E-state index contributed by atoms with van der Waals surface area (Å²) in [6, 6.07) is -1.25. The van der Waals surface area contributed by atoms with Crippen molar-refractivity contribution in [2.75, 3.05) is 6.61 Å². The van der Waals surface area contributed by atoms with E-state index in [1.165, 1.54) is 147 Å². The third kappa shape index (κ3) is 30.6. The van der Waals surface area contributed by atoms with Crippen molar-refractivity contribution in [3.05, 3.63) is 24.3 Å². The van der Waals surface area contributed by atoms with Gasteiger partial charge < -0.3 is 46.0 Å². The molecule has 63 heavy (non-hydrogen) atoms. The molecule has 8 atom stereocenters. The smallest absolute Gasteiger partial charge is 0.393 e. The number of allylic oxidation sites excluding steroid dienone is 3. The van der Waals surface area contributed by atoms with Gasteiger partial charge in [-0.15, -0.1) is 0 Å². The number of unbranched alkanes of at least 4 members (excludes halogenated alkanes) is 27. The molecule has 14 heteroatoms. The van der Waals surface area contributed by atoms with E-state index in [4.69, 9.17) is 9.05 Å². The molecule has 0 spiro atoms. The van der Waals surface area contributed by atoms with Gasteiger partial charge in [0.05, 0.1) is 31.3 Å². The maximum absolute atomic E-state index is 13.0. The van der Waals surface area contributed by atoms with Gasteiger partial charge in [0, 0.05) is 0 Å². The molecular weight excluding hydrogens is 826 g/mol. The normalized spacial score (nSPS) is 23.0. The topological polar surface area (TPSA) is 226 Å². The van der Waals surface area contributed by atoms with Gasteiger partial charge in [-0.25, -0.2) is 4.57 Å². The number of amides is 1. The molecule has 1 amide bonds. The fourth-order valence-electron chi connectivity index (χ4n) is 8.14. The van der Waals surface area contributed by atoms with Crippen LogP contribution in [-0.2, 0) is 18.4 Å². The Balaban J connectivity index is 2.50. The van der Waals surface area contributed by atoms with Gasteiger partial charge in [-0.05, 0) is 32.1 Å². The van der Waals surface area contributed by atoms with Gasteiger partial charge in [0.1, 0.15) is 36.6 Å². The standard InChI is InChI=1S/C49H94NO12P/c1-3-5-7-9-11-13-15-17-19-20-21-23-24-26-28-30-32-34-36-40(51)38-43(53)50-41(39-61-63(59,60)62-49-47(57)45(55)44(54)46(56)48(49)58)42(52)37-35-33-31-29-27-25-22-18-16-14-12-10-8-6-4-2/h27,29,35,37,40-42,44-49,51-52,54-58H,3-26,28,30-34,36,38-39H2,1-2H3,(H,50,53)(H,59,60)/b29-27+,37-35+. The Morgan fingerprint density at radius 1 is 0.556 bits per heavy atom. The van der Waals surface area contributed by atoms with Crippen molar-refractivity contribution < 1.29 is 59.0 Å². The van der Waals surface area contributed by atoms with Gasteiger partial charge in [-0.1, -0.05) is 205 Å². The van der Waals surface area contributed by atoms with Crippen LogP contribution in [0.1, 0.15) is 219 Å². The first kappa shape index (κ1) is 59.8. The monoisotopic (exact) mass is 920 g/mol. The highest BCUT2D eigenvalue weighted by atomic mass is 31.2. The highest BCUT2D eigenvalue weighted by Crippen LogP contribution is 2.47. The van der Waals surface area contributed by atoms with E-state index in [2.05, 4.69) is 31.3 Å². The SMILES string of the molecule is CCCCCCCCCCC/C=C/CC/C=C/C(O)C(COP(=O)(O)OC1C(O)C(O)C(O)C(O)C1O)NC(=O)CC(O)CCCCCCCCCCCCCCCCCCCC. The molecule has 1 saturated carbocycles. The second-order valence-corrected chi connectivity index (χ2v) is 19.6. The molecule has 0 saturated heterocycles. The molecule has 1 rings (SSSR count). The highest BCUT2D eigenvalue weighted by molar-refractivity contribution is 7.47. The molecule has 1 aliphatic carbocycles. The molecule has 0 aromatic carbocycles. The maximum atomic E-state index is 13.0. The van der Waals surface area contributed by atoms with Crippen LogP contribution in [-0.4, -0.2) is 108 Å². The fraction of sp³-hybridized carbons (Fsp3) is 0.898. The van der Waals surface area contributed by atoms with Crippen molar-refractivity contribution in [3.63, 3.8) is 0 Å². The quantitative estimate of drug-likeness (QED) is 0.0159. The van der Waals surface area contributed by atoms with Crippen molar-refractivity contribution in [2.24, 2.45) is 0 Å². The Bertz CT molecular complexity index is 1180. The van der Waals surface area contributed by atoms with Crippen molar-refractivity contribution in [1.82, 2.24) is 5.32 Å². The van der Waals surface area contributed by atoms with Crippen LogP contribution in [0.15, 0.2) is 24.3 Å². The van der Waals surface area contributed by atoms with Crippen molar-refractivity contribution in [1.29, 1.82) is 0 Å². The summed E-state index contributed by atoms with van der Waals surface area (Å²) in [6.45, 7) is 3.74. The van der Waals surface area contributed by atoms with E-state index in [0.717, 1.165) is 44.9 Å². The number of hydrogen-bond donors (Lipinski definition) is 9. The van der Waals surface area contributed by atoms with Gasteiger partial charge in [0.25, 0.3) is 0 Å². The number of phosphoric ester groups is 1. The lowest BCUT2D eigenvalue weighted by Gasteiger charge is -2.41. The predicted octanol–water partition coefficient (Wildman–Crippen LogP) is 9.15. The zero-order chi connectivity index (χ0) is 46.6. The number of carbonyl (C=O) groups excluding carboxylic acids is 1. The Kier molecular flexibility index (Phi) is 36.9. The van der Waals surface area contributed by atoms with Crippen LogP contribution in [0.3, 0.4) is 0 Å². The minimum atomic E-state index is -5.15. The molecule has 0 bridgehead atoms. The van der Waals surface area contributed by atoms with E-state index in [-0.39, 0.29) is 6.42 Å². The van der Waals surface area contributed by atoms with E-state index in [0.29, 0.717) is 12.8 Å². The number of aliphatic hydroxyl groups is 7. The zero-order valence-corrected chi connectivity index (χ0v) is 40.4. The van der Waals surface area contributed by atoms with Gasteiger partial charge in [-0.3, -0.25) is 13.8 Å². The van der Waals surface area contributed by atoms with E-state index in [9.17, 15) is 50.0 Å². The predicted molar refractivity (Wildman–Crippen MR) is 252 cm³/mol. The van der Waals surface area contributed by atoms with E-state index < -0.39 is 75.2 Å². The molecule has 0 aromatic rings. The fourth-order valence-corrected chi connectivity index (χ4v) is 9.11. The summed E-state index contributed by atoms with van der Waals surface area (Å²) in [5.74, 6) is -0.600. The number of phosphoric acid groups is 1. The average molecular weight is 920 g/mol. The zero-order valence-electron chi connectivity index (χ0n) is 39.5. The minimum Gasteiger partial charge on any atom is -0.393 e. The Morgan fingerprint density at radius 2 is 0.937 bits per heavy atom. The van der Waals surface area contributed by atoms with Crippen molar-refractivity contribution in [3.8, 4) is 0 Å². The first-order chi connectivity index (χ1) is 30.3. The molecule has 0 aliphatic heterocycles. The van der Waals surface area contributed by atoms with Crippen LogP contribution in [0.25, 0.3) is 0 Å². The van der Waals surface area contributed by atoms with Crippen LogP contribution in [0.2, 0.25) is 0 Å². The maximum Gasteiger partial charge on any atom is 0.472 e. The number of aliphatic hydroxyl groups excluding tert-OH is 7. The molecule has 1 fully saturated rings. The summed E-state index contributed by atoms with van der Waals surface area (Å²) in [5.41, 5.74) is 0. The lowest BCUT2D eigenvalue weighted by Crippen LogP contribution is -2.64. The average Bonchev–Trinajstić information content (AvgIpc) is 3.26. The Morgan fingerprint density at radius 3 is 1.40 bits per heavy atom. The second kappa shape index (κ2) is 38.8. The second-order valence-electron chi connectivity index (χ2n) is 18.2. The van der Waals surface area contributed by atoms with Crippen LogP contribution >= 0.6 is 7.82 Å². The number of carbonyl (C=O) groups is 1. The molecule has 0 aromatic heterocycles. The molecule has 13 nitrogen and oxygen atoms in total. The first-order valence-corrected chi connectivity index (χ1v) is 26.9. The summed E-state index contributed by atoms with van der Waals surface area (Å²) >= 11 is 0. The first-order valence-electron chi connectivity index (χ1n) is 25.4. The van der Waals surface area contributed by atoms with Gasteiger partial charge in [0.2, 0.25) is 5.91 Å². The van der Waals surface area contributed by atoms with Gasteiger partial charge in [0.15, 0.2) is 0 Å². The molecule has 1 aliphatic rings. The van der Waals surface area contributed by atoms with Crippen LogP contribution < -0.4 is 5.32 Å². The molecule has 0 heterocycles. The largest absolute Gasteiger partial charge is 0.472 e. The third-order valence-electron chi connectivity index (χ3n) is 12.3. The van der Waals surface area contributed by atoms with Crippen molar-refractivity contribution in [2.45, 2.75) is 274 Å². The highest BCUT2D eigenvalue weighted by Gasteiger charge is 2.51. The molecule has 372 valence electrons. The summed E-state index contributed by atoms with van der Waals surface area (Å²) in [6.07, 6.45) is 29.8. The molecule has 9 N–H and O–H groups in total.